The number of allylic oxidation sites excluding steroid dienone is 1. The predicted molar refractivity (Wildman–Crippen MR) is 93.3 cm³/mol. The fourth-order valence-corrected chi connectivity index (χ4v) is 4.40. The molecule has 0 aliphatic heterocycles. The number of esters is 1. The van der Waals surface area contributed by atoms with E-state index in [2.05, 4.69) is 0 Å². The van der Waals surface area contributed by atoms with Gasteiger partial charge in [0.1, 0.15) is 6.10 Å². The summed E-state index contributed by atoms with van der Waals surface area (Å²) < 4.78 is 5.88. The first kappa shape index (κ1) is 19.2. The van der Waals surface area contributed by atoms with Crippen molar-refractivity contribution in [3.63, 3.8) is 0 Å². The van der Waals surface area contributed by atoms with Gasteiger partial charge in [0.05, 0.1) is 11.5 Å². The van der Waals surface area contributed by atoms with Gasteiger partial charge in [-0.2, -0.15) is 0 Å². The number of aliphatic hydroxyl groups is 1. The molecule has 0 aromatic heterocycles. The number of fused-ring (bicyclic) bond motifs is 1. The molecule has 136 valence electrons. The van der Waals surface area contributed by atoms with Crippen molar-refractivity contribution >= 4 is 11.8 Å². The van der Waals surface area contributed by atoms with Crippen LogP contribution in [0.2, 0.25) is 0 Å². The number of hydrogen-bond acceptors (Lipinski definition) is 4. The second-order valence-electron chi connectivity index (χ2n) is 8.38. The molecule has 0 amide bonds. The molecule has 0 aromatic carbocycles. The van der Waals surface area contributed by atoms with E-state index >= 15 is 0 Å². The van der Waals surface area contributed by atoms with E-state index in [4.69, 9.17) is 4.74 Å². The van der Waals surface area contributed by atoms with E-state index in [9.17, 15) is 14.7 Å². The number of hydrogen-bond donors (Lipinski definition) is 1. The van der Waals surface area contributed by atoms with Crippen molar-refractivity contribution in [1.29, 1.82) is 0 Å². The topological polar surface area (TPSA) is 63.6 Å². The quantitative estimate of drug-likeness (QED) is 0.796. The van der Waals surface area contributed by atoms with Crippen molar-refractivity contribution in [2.24, 2.45) is 23.2 Å². The van der Waals surface area contributed by atoms with Crippen molar-refractivity contribution in [3.05, 3.63) is 11.6 Å². The van der Waals surface area contributed by atoms with Gasteiger partial charge in [-0.3, -0.25) is 9.59 Å². The van der Waals surface area contributed by atoms with Gasteiger partial charge in [0, 0.05) is 17.8 Å². The normalized spacial score (nSPS) is 37.7. The molecule has 4 nitrogen and oxygen atoms in total. The second kappa shape index (κ2) is 6.62. The lowest BCUT2D eigenvalue weighted by Crippen LogP contribution is -2.52. The molecule has 1 fully saturated rings. The van der Waals surface area contributed by atoms with Crippen LogP contribution in [0.4, 0.5) is 0 Å². The van der Waals surface area contributed by atoms with E-state index in [0.717, 1.165) is 12.0 Å². The van der Waals surface area contributed by atoms with Crippen LogP contribution in [0.5, 0.6) is 0 Å². The van der Waals surface area contributed by atoms with Crippen LogP contribution >= 0.6 is 0 Å². The Morgan fingerprint density at radius 2 is 2.00 bits per heavy atom. The van der Waals surface area contributed by atoms with Gasteiger partial charge >= 0.3 is 5.97 Å². The highest BCUT2D eigenvalue weighted by Crippen LogP contribution is 2.56. The smallest absolute Gasteiger partial charge is 0.308 e. The van der Waals surface area contributed by atoms with E-state index in [1.54, 1.807) is 6.08 Å². The average molecular weight is 336 g/mol. The lowest BCUT2D eigenvalue weighted by molar-refractivity contribution is -0.171. The molecule has 24 heavy (non-hydrogen) atoms. The van der Waals surface area contributed by atoms with Crippen molar-refractivity contribution in [2.45, 2.75) is 78.9 Å². The lowest BCUT2D eigenvalue weighted by atomic mass is 9.67. The highest BCUT2D eigenvalue weighted by atomic mass is 16.5. The maximum Gasteiger partial charge on any atom is 0.308 e. The van der Waals surface area contributed by atoms with Gasteiger partial charge in [-0.15, -0.1) is 0 Å². The summed E-state index contributed by atoms with van der Waals surface area (Å²) in [5.41, 5.74) is -0.732. The van der Waals surface area contributed by atoms with Crippen molar-refractivity contribution in [3.8, 4) is 0 Å². The zero-order chi connectivity index (χ0) is 18.3. The van der Waals surface area contributed by atoms with E-state index in [0.29, 0.717) is 19.3 Å². The third-order valence-electron chi connectivity index (χ3n) is 6.39. The van der Waals surface area contributed by atoms with Gasteiger partial charge < -0.3 is 9.84 Å². The van der Waals surface area contributed by atoms with E-state index in [-0.39, 0.29) is 29.5 Å². The summed E-state index contributed by atoms with van der Waals surface area (Å²) in [5, 5.41) is 11.4. The van der Waals surface area contributed by atoms with Gasteiger partial charge in [-0.25, -0.2) is 0 Å². The molecule has 0 unspecified atom stereocenters. The van der Waals surface area contributed by atoms with Crippen LogP contribution in [0.3, 0.4) is 0 Å². The molecule has 4 heteroatoms. The van der Waals surface area contributed by atoms with Gasteiger partial charge in [0.15, 0.2) is 5.78 Å². The Kier molecular flexibility index (Phi) is 5.29. The van der Waals surface area contributed by atoms with Gasteiger partial charge in [-0.05, 0) is 38.2 Å². The monoisotopic (exact) mass is 336 g/mol. The third kappa shape index (κ3) is 3.05. The van der Waals surface area contributed by atoms with Crippen LogP contribution in [-0.2, 0) is 14.3 Å². The molecule has 1 N–H and O–H groups in total. The molecule has 5 atom stereocenters. The van der Waals surface area contributed by atoms with Crippen molar-refractivity contribution in [1.82, 2.24) is 0 Å². The zero-order valence-electron chi connectivity index (χ0n) is 15.9. The van der Waals surface area contributed by atoms with Crippen molar-refractivity contribution in [2.75, 3.05) is 0 Å². The van der Waals surface area contributed by atoms with Crippen LogP contribution in [0, 0.1) is 23.2 Å². The number of ketones is 1. The second-order valence-corrected chi connectivity index (χ2v) is 8.38. The Morgan fingerprint density at radius 3 is 2.54 bits per heavy atom. The van der Waals surface area contributed by atoms with Crippen LogP contribution in [0.1, 0.15) is 67.2 Å². The Morgan fingerprint density at radius 1 is 1.38 bits per heavy atom. The average Bonchev–Trinajstić information content (AvgIpc) is 2.74. The summed E-state index contributed by atoms with van der Waals surface area (Å²) >= 11 is 0. The maximum atomic E-state index is 12.8. The number of carbonyl (C=O) groups excluding carboxylic acids is 2. The molecule has 0 saturated heterocycles. The Balaban J connectivity index is 2.45. The van der Waals surface area contributed by atoms with Crippen LogP contribution < -0.4 is 0 Å². The largest absolute Gasteiger partial charge is 0.461 e. The Bertz CT molecular complexity index is 550. The standard InChI is InChI=1S/C20H32O4/c1-7-14(5)18(22)24-15-10-13(4)11-16(21)19(6)8-9-20(23,12(2)3)17(15)19/h11-12,14-15,17,23H,7-10H2,1-6H3/t14-,15+,17-,19-,20-/m1/s1. The molecule has 0 spiro atoms. The minimum Gasteiger partial charge on any atom is -0.461 e. The highest BCUT2D eigenvalue weighted by Gasteiger charge is 2.62. The Hall–Kier alpha value is -1.16. The van der Waals surface area contributed by atoms with E-state index in [1.165, 1.54) is 0 Å². The number of carbonyl (C=O) groups is 2. The minimum atomic E-state index is -0.983. The molecular formula is C20H32O4. The summed E-state index contributed by atoms with van der Waals surface area (Å²) in [5.74, 6) is -0.707. The zero-order valence-corrected chi connectivity index (χ0v) is 15.9. The first-order chi connectivity index (χ1) is 11.1. The molecule has 0 radical (unpaired) electrons. The minimum absolute atomic E-state index is 0.000307. The van der Waals surface area contributed by atoms with Gasteiger partial charge in [0.2, 0.25) is 0 Å². The van der Waals surface area contributed by atoms with E-state index in [1.807, 2.05) is 41.5 Å². The maximum absolute atomic E-state index is 12.8. The summed E-state index contributed by atoms with van der Waals surface area (Å²) in [4.78, 5) is 25.2. The third-order valence-corrected chi connectivity index (χ3v) is 6.39. The fourth-order valence-electron chi connectivity index (χ4n) is 4.40. The molecule has 0 aromatic rings. The van der Waals surface area contributed by atoms with Crippen LogP contribution in [0.25, 0.3) is 0 Å². The van der Waals surface area contributed by atoms with E-state index < -0.39 is 17.1 Å². The lowest BCUT2D eigenvalue weighted by Gasteiger charge is -2.43. The van der Waals surface area contributed by atoms with Crippen molar-refractivity contribution < 1.29 is 19.4 Å². The molecule has 2 aliphatic rings. The highest BCUT2D eigenvalue weighted by molar-refractivity contribution is 5.96. The number of ether oxygens (including phenoxy) is 1. The molecular weight excluding hydrogens is 304 g/mol. The van der Waals surface area contributed by atoms with Crippen LogP contribution in [-0.4, -0.2) is 28.6 Å². The van der Waals surface area contributed by atoms with Crippen LogP contribution in [0.15, 0.2) is 11.6 Å². The fraction of sp³-hybridized carbons (Fsp3) is 0.800. The predicted octanol–water partition coefficient (Wildman–Crippen LogP) is 3.67. The first-order valence-corrected chi connectivity index (χ1v) is 9.20. The summed E-state index contributed by atoms with van der Waals surface area (Å²) in [6.45, 7) is 11.6. The summed E-state index contributed by atoms with van der Waals surface area (Å²) in [6, 6.07) is 0. The molecule has 0 heterocycles. The molecule has 0 bridgehead atoms. The molecule has 1 saturated carbocycles. The first-order valence-electron chi connectivity index (χ1n) is 9.20. The molecule has 2 rings (SSSR count). The SMILES string of the molecule is CC[C@@H](C)C(=O)O[C@H]1CC(C)=CC(=O)[C@@]2(C)CC[C@@](O)(C(C)C)[C@H]12. The number of rotatable bonds is 4. The van der Waals surface area contributed by atoms with Gasteiger partial charge in [0.25, 0.3) is 0 Å². The van der Waals surface area contributed by atoms with Gasteiger partial charge in [-0.1, -0.05) is 40.2 Å². The Labute approximate surface area is 145 Å². The summed E-state index contributed by atoms with van der Waals surface area (Å²) in [7, 11) is 0. The molecule has 2 aliphatic carbocycles. The summed E-state index contributed by atoms with van der Waals surface area (Å²) in [6.07, 6.45) is 3.68.